The Balaban J connectivity index is 2.64. The van der Waals surface area contributed by atoms with Crippen molar-refractivity contribution in [1.82, 2.24) is 16.0 Å². The maximum absolute atomic E-state index is 11.9. The first kappa shape index (κ1) is 21.3. The van der Waals surface area contributed by atoms with Crippen LogP contribution in [0.3, 0.4) is 0 Å². The van der Waals surface area contributed by atoms with Gasteiger partial charge in [-0.05, 0) is 45.4 Å². The summed E-state index contributed by atoms with van der Waals surface area (Å²) in [5.41, 5.74) is 5.70. The molecule has 0 fully saturated rings. The van der Waals surface area contributed by atoms with Gasteiger partial charge >= 0.3 is 0 Å². The second-order valence-electron chi connectivity index (χ2n) is 6.75. The third-order valence-electron chi connectivity index (χ3n) is 2.97. The van der Waals surface area contributed by atoms with Crippen LogP contribution in [-0.4, -0.2) is 43.0 Å². The summed E-state index contributed by atoms with van der Waals surface area (Å²) in [5.74, 6) is 0.463. The van der Waals surface area contributed by atoms with Gasteiger partial charge in [0, 0.05) is 12.1 Å². The lowest BCUT2D eigenvalue weighted by atomic mass is 10.1. The molecule has 5 N–H and O–H groups in total. The number of aliphatic imine (C=N–C) groups is 1. The summed E-state index contributed by atoms with van der Waals surface area (Å²) in [4.78, 5) is 27.1. The molecule has 1 aromatic rings. The minimum Gasteiger partial charge on any atom is -0.484 e. The minimum atomic E-state index is -0.527. The van der Waals surface area contributed by atoms with Crippen LogP contribution in [0.15, 0.2) is 29.3 Å². The SMILES string of the molecule is CCNC(=NCc1cccc(OCC(N)=O)c1)NCC(=O)NC(C)(C)C. The molecule has 0 unspecified atom stereocenters. The molecule has 2 amide bonds. The summed E-state index contributed by atoms with van der Waals surface area (Å²) in [5, 5.41) is 8.98. The molecule has 144 valence electrons. The van der Waals surface area contributed by atoms with E-state index in [2.05, 4.69) is 20.9 Å². The maximum atomic E-state index is 11.9. The molecular formula is C18H29N5O3. The topological polar surface area (TPSA) is 118 Å². The number of amides is 2. The van der Waals surface area contributed by atoms with Gasteiger partial charge in [0.15, 0.2) is 12.6 Å². The number of benzene rings is 1. The number of carbonyl (C=O) groups is 2. The van der Waals surface area contributed by atoms with Crippen molar-refractivity contribution in [3.63, 3.8) is 0 Å². The Labute approximate surface area is 154 Å². The van der Waals surface area contributed by atoms with Gasteiger partial charge in [-0.1, -0.05) is 12.1 Å². The zero-order chi connectivity index (χ0) is 19.6. The van der Waals surface area contributed by atoms with E-state index >= 15 is 0 Å². The van der Waals surface area contributed by atoms with Crippen molar-refractivity contribution >= 4 is 17.8 Å². The first-order valence-electron chi connectivity index (χ1n) is 8.53. The van der Waals surface area contributed by atoms with Crippen LogP contribution in [0.2, 0.25) is 0 Å². The third kappa shape index (κ3) is 9.51. The summed E-state index contributed by atoms with van der Waals surface area (Å²) in [7, 11) is 0. The molecule has 0 aromatic heterocycles. The highest BCUT2D eigenvalue weighted by Gasteiger charge is 2.13. The predicted octanol–water partition coefficient (Wildman–Crippen LogP) is 0.521. The molecule has 8 heteroatoms. The number of nitrogens with one attached hydrogen (secondary N) is 3. The van der Waals surface area contributed by atoms with Crippen LogP contribution < -0.4 is 26.4 Å². The third-order valence-corrected chi connectivity index (χ3v) is 2.97. The van der Waals surface area contributed by atoms with E-state index < -0.39 is 5.91 Å². The molecule has 1 aromatic carbocycles. The van der Waals surface area contributed by atoms with Gasteiger partial charge in [0.1, 0.15) is 5.75 Å². The van der Waals surface area contributed by atoms with Crippen LogP contribution >= 0.6 is 0 Å². The van der Waals surface area contributed by atoms with Crippen molar-refractivity contribution in [3.8, 4) is 5.75 Å². The highest BCUT2D eigenvalue weighted by molar-refractivity contribution is 5.86. The van der Waals surface area contributed by atoms with Crippen molar-refractivity contribution in [1.29, 1.82) is 0 Å². The van der Waals surface area contributed by atoms with Gasteiger partial charge < -0.3 is 26.4 Å². The molecular weight excluding hydrogens is 334 g/mol. The fraction of sp³-hybridized carbons (Fsp3) is 0.500. The molecule has 8 nitrogen and oxygen atoms in total. The molecule has 0 radical (unpaired) electrons. The van der Waals surface area contributed by atoms with Gasteiger partial charge in [0.05, 0.1) is 13.1 Å². The smallest absolute Gasteiger partial charge is 0.255 e. The lowest BCUT2D eigenvalue weighted by Crippen LogP contribution is -2.48. The van der Waals surface area contributed by atoms with Crippen molar-refractivity contribution < 1.29 is 14.3 Å². The summed E-state index contributed by atoms with van der Waals surface area (Å²) < 4.78 is 5.28. The first-order chi connectivity index (χ1) is 12.2. The van der Waals surface area contributed by atoms with E-state index in [0.717, 1.165) is 5.56 Å². The van der Waals surface area contributed by atoms with Gasteiger partial charge in [-0.15, -0.1) is 0 Å². The molecule has 0 saturated heterocycles. The van der Waals surface area contributed by atoms with Crippen LogP contribution in [0, 0.1) is 0 Å². The minimum absolute atomic E-state index is 0.107. The molecule has 0 bridgehead atoms. The quantitative estimate of drug-likeness (QED) is 0.397. The number of rotatable bonds is 8. The van der Waals surface area contributed by atoms with Crippen molar-refractivity contribution in [2.24, 2.45) is 10.7 Å². The molecule has 0 spiro atoms. The van der Waals surface area contributed by atoms with Gasteiger partial charge in [-0.2, -0.15) is 0 Å². The zero-order valence-corrected chi connectivity index (χ0v) is 15.9. The normalized spacial score (nSPS) is 11.6. The zero-order valence-electron chi connectivity index (χ0n) is 15.9. The molecule has 1 rings (SSSR count). The van der Waals surface area contributed by atoms with E-state index in [4.69, 9.17) is 10.5 Å². The van der Waals surface area contributed by atoms with E-state index in [9.17, 15) is 9.59 Å². The molecule has 0 atom stereocenters. The van der Waals surface area contributed by atoms with E-state index in [1.54, 1.807) is 12.1 Å². The Morgan fingerprint density at radius 1 is 1.23 bits per heavy atom. The Morgan fingerprint density at radius 3 is 2.58 bits per heavy atom. The van der Waals surface area contributed by atoms with Crippen molar-refractivity contribution in [2.75, 3.05) is 19.7 Å². The van der Waals surface area contributed by atoms with Crippen LogP contribution in [-0.2, 0) is 16.1 Å². The Bertz CT molecular complexity index is 638. The number of primary amides is 1. The lowest BCUT2D eigenvalue weighted by Gasteiger charge is -2.21. The number of nitrogens with two attached hydrogens (primary N) is 1. The van der Waals surface area contributed by atoms with Crippen LogP contribution in [0.25, 0.3) is 0 Å². The fourth-order valence-electron chi connectivity index (χ4n) is 2.03. The number of nitrogens with zero attached hydrogens (tertiary/aromatic N) is 1. The van der Waals surface area contributed by atoms with Gasteiger partial charge in [-0.25, -0.2) is 4.99 Å². The average Bonchev–Trinajstić information content (AvgIpc) is 2.54. The highest BCUT2D eigenvalue weighted by Crippen LogP contribution is 2.13. The fourth-order valence-corrected chi connectivity index (χ4v) is 2.03. The summed E-state index contributed by atoms with van der Waals surface area (Å²) in [6.45, 7) is 8.76. The Morgan fingerprint density at radius 2 is 1.96 bits per heavy atom. The number of carbonyl (C=O) groups excluding carboxylic acids is 2. The van der Waals surface area contributed by atoms with Crippen LogP contribution in [0.5, 0.6) is 5.75 Å². The van der Waals surface area contributed by atoms with Gasteiger partial charge in [0.25, 0.3) is 5.91 Å². The van der Waals surface area contributed by atoms with Gasteiger partial charge in [-0.3, -0.25) is 9.59 Å². The second-order valence-corrected chi connectivity index (χ2v) is 6.75. The number of hydrogen-bond acceptors (Lipinski definition) is 4. The number of hydrogen-bond donors (Lipinski definition) is 4. The van der Waals surface area contributed by atoms with Crippen molar-refractivity contribution in [3.05, 3.63) is 29.8 Å². The molecule has 0 aliphatic rings. The predicted molar refractivity (Wildman–Crippen MR) is 102 cm³/mol. The van der Waals surface area contributed by atoms with Crippen LogP contribution in [0.4, 0.5) is 0 Å². The van der Waals surface area contributed by atoms with E-state index in [-0.39, 0.29) is 24.6 Å². The summed E-state index contributed by atoms with van der Waals surface area (Å²) in [6.07, 6.45) is 0. The maximum Gasteiger partial charge on any atom is 0.255 e. The summed E-state index contributed by atoms with van der Waals surface area (Å²) >= 11 is 0. The molecule has 0 aliphatic heterocycles. The molecule has 0 aliphatic carbocycles. The molecule has 0 heterocycles. The number of guanidine groups is 1. The monoisotopic (exact) mass is 363 g/mol. The number of ether oxygens (including phenoxy) is 1. The largest absolute Gasteiger partial charge is 0.484 e. The van der Waals surface area contributed by atoms with Crippen molar-refractivity contribution in [2.45, 2.75) is 39.8 Å². The van der Waals surface area contributed by atoms with E-state index in [1.165, 1.54) is 0 Å². The van der Waals surface area contributed by atoms with E-state index in [1.807, 2.05) is 39.8 Å². The standard InChI is InChI=1S/C18H29N5O3/c1-5-20-17(22-11-16(25)23-18(2,3)4)21-10-13-7-6-8-14(9-13)26-12-15(19)24/h6-9H,5,10-12H2,1-4H3,(H2,19,24)(H,23,25)(H2,20,21,22). The lowest BCUT2D eigenvalue weighted by molar-refractivity contribution is -0.121. The molecule has 0 saturated carbocycles. The second kappa shape index (κ2) is 10.3. The highest BCUT2D eigenvalue weighted by atomic mass is 16.5. The molecule has 26 heavy (non-hydrogen) atoms. The van der Waals surface area contributed by atoms with Gasteiger partial charge in [0.2, 0.25) is 5.91 Å². The first-order valence-corrected chi connectivity index (χ1v) is 8.53. The average molecular weight is 363 g/mol. The summed E-state index contributed by atoms with van der Waals surface area (Å²) in [6, 6.07) is 7.26. The Hall–Kier alpha value is -2.77. The van der Waals surface area contributed by atoms with E-state index in [0.29, 0.717) is 24.8 Å². The van der Waals surface area contributed by atoms with Crippen LogP contribution in [0.1, 0.15) is 33.3 Å². The Kier molecular flexibility index (Phi) is 8.41.